The van der Waals surface area contributed by atoms with Crippen molar-refractivity contribution in [2.24, 2.45) is 0 Å². The Morgan fingerprint density at radius 3 is 2.48 bits per heavy atom. The Kier molecular flexibility index (Phi) is 6.80. The molecule has 1 heterocycles. The van der Waals surface area contributed by atoms with Crippen molar-refractivity contribution in [3.63, 3.8) is 0 Å². The van der Waals surface area contributed by atoms with Gasteiger partial charge >= 0.3 is 0 Å². The number of hydrogen-bond acceptors (Lipinski definition) is 6. The molecule has 1 aromatic rings. The molecule has 0 spiro atoms. The molecule has 10 heteroatoms. The molecule has 31 heavy (non-hydrogen) atoms. The van der Waals surface area contributed by atoms with Crippen LogP contribution in [0.4, 0.5) is 5.69 Å². The van der Waals surface area contributed by atoms with Crippen molar-refractivity contribution in [3.8, 4) is 11.5 Å². The Balaban J connectivity index is 2.06. The molecule has 0 radical (unpaired) electrons. The van der Waals surface area contributed by atoms with E-state index in [1.165, 1.54) is 26.0 Å². The van der Waals surface area contributed by atoms with Gasteiger partial charge in [-0.15, -0.1) is 0 Å². The standard InChI is InChI=1S/C21H31N3O6S/c1-5-31(27,28)23-13-19(25)24(17-11-10-16(29-3)12-18(17)30-4)21(2,14-23)20(26)22-15-8-6-7-9-15/h10-12,15H,5-9,13-14H2,1-4H3,(H,22,26)/t21-/m1/s1. The first-order valence-corrected chi connectivity index (χ1v) is 12.1. The van der Waals surface area contributed by atoms with Crippen molar-refractivity contribution in [2.45, 2.75) is 51.1 Å². The molecule has 1 saturated carbocycles. The minimum Gasteiger partial charge on any atom is -0.497 e. The second kappa shape index (κ2) is 9.04. The van der Waals surface area contributed by atoms with Gasteiger partial charge in [0.2, 0.25) is 21.8 Å². The van der Waals surface area contributed by atoms with Crippen LogP contribution in [0.1, 0.15) is 39.5 Å². The lowest BCUT2D eigenvalue weighted by Gasteiger charge is -2.47. The number of methoxy groups -OCH3 is 2. The van der Waals surface area contributed by atoms with Crippen molar-refractivity contribution in [1.82, 2.24) is 9.62 Å². The quantitative estimate of drug-likeness (QED) is 0.671. The molecule has 0 aromatic heterocycles. The summed E-state index contributed by atoms with van der Waals surface area (Å²) in [5.41, 5.74) is -1.05. The lowest BCUT2D eigenvalue weighted by Crippen LogP contribution is -2.70. The number of carbonyl (C=O) groups excluding carboxylic acids is 2. The van der Waals surface area contributed by atoms with Crippen molar-refractivity contribution < 1.29 is 27.5 Å². The second-order valence-corrected chi connectivity index (χ2v) is 10.4. The average Bonchev–Trinajstić information content (AvgIpc) is 3.26. The van der Waals surface area contributed by atoms with Crippen molar-refractivity contribution in [3.05, 3.63) is 18.2 Å². The molecule has 172 valence electrons. The Morgan fingerprint density at radius 1 is 1.23 bits per heavy atom. The van der Waals surface area contributed by atoms with Crippen LogP contribution in [0.15, 0.2) is 18.2 Å². The molecule has 1 aliphatic heterocycles. The minimum atomic E-state index is -3.66. The van der Waals surface area contributed by atoms with E-state index in [9.17, 15) is 18.0 Å². The van der Waals surface area contributed by atoms with E-state index in [2.05, 4.69) is 5.32 Å². The van der Waals surface area contributed by atoms with Gasteiger partial charge in [-0.2, -0.15) is 4.31 Å². The Bertz CT molecular complexity index is 944. The predicted octanol–water partition coefficient (Wildman–Crippen LogP) is 1.52. The van der Waals surface area contributed by atoms with Crippen molar-refractivity contribution in [2.75, 3.05) is 38.0 Å². The summed E-state index contributed by atoms with van der Waals surface area (Å²) in [5.74, 6) is -0.110. The van der Waals surface area contributed by atoms with E-state index >= 15 is 0 Å². The molecule has 1 atom stereocenters. The van der Waals surface area contributed by atoms with E-state index in [1.807, 2.05) is 0 Å². The van der Waals surface area contributed by atoms with E-state index in [0.717, 1.165) is 30.0 Å². The van der Waals surface area contributed by atoms with Gasteiger partial charge in [-0.1, -0.05) is 12.8 Å². The van der Waals surface area contributed by atoms with E-state index in [1.54, 1.807) is 25.1 Å². The van der Waals surface area contributed by atoms with Gasteiger partial charge in [0, 0.05) is 18.7 Å². The summed E-state index contributed by atoms with van der Waals surface area (Å²) in [6.45, 7) is 2.66. The van der Waals surface area contributed by atoms with Gasteiger partial charge in [-0.05, 0) is 38.8 Å². The fraction of sp³-hybridized carbons (Fsp3) is 0.619. The SMILES string of the molecule is CCS(=O)(=O)N1CC(=O)N(c2ccc(OC)cc2OC)[C@@](C)(C(=O)NC2CCCC2)C1. The lowest BCUT2D eigenvalue weighted by atomic mass is 9.93. The number of sulfonamides is 1. The number of amides is 2. The van der Waals surface area contributed by atoms with Crippen LogP contribution in [0.3, 0.4) is 0 Å². The summed E-state index contributed by atoms with van der Waals surface area (Å²) >= 11 is 0. The first-order chi connectivity index (χ1) is 14.7. The number of ether oxygens (including phenoxy) is 2. The van der Waals surface area contributed by atoms with E-state index in [0.29, 0.717) is 17.2 Å². The van der Waals surface area contributed by atoms with Crippen LogP contribution < -0.4 is 19.7 Å². The van der Waals surface area contributed by atoms with Gasteiger partial charge in [0.15, 0.2) is 0 Å². The van der Waals surface area contributed by atoms with Crippen molar-refractivity contribution in [1.29, 1.82) is 0 Å². The van der Waals surface area contributed by atoms with Crippen LogP contribution in [-0.2, 0) is 19.6 Å². The average molecular weight is 454 g/mol. The molecule has 0 unspecified atom stereocenters. The topological polar surface area (TPSA) is 105 Å². The highest BCUT2D eigenvalue weighted by atomic mass is 32.2. The molecular formula is C21H31N3O6S. The molecule has 9 nitrogen and oxygen atoms in total. The third kappa shape index (κ3) is 4.50. The number of rotatable bonds is 7. The summed E-state index contributed by atoms with van der Waals surface area (Å²) in [7, 11) is -0.674. The third-order valence-corrected chi connectivity index (χ3v) is 7.88. The third-order valence-electron chi connectivity index (χ3n) is 6.10. The molecule has 1 aromatic carbocycles. The monoisotopic (exact) mass is 453 g/mol. The fourth-order valence-corrected chi connectivity index (χ4v) is 5.42. The van der Waals surface area contributed by atoms with E-state index in [-0.39, 0.29) is 30.8 Å². The van der Waals surface area contributed by atoms with Crippen LogP contribution in [0.25, 0.3) is 0 Å². The fourth-order valence-electron chi connectivity index (χ4n) is 4.30. The minimum absolute atomic E-state index is 0.0252. The molecular weight excluding hydrogens is 422 g/mol. The zero-order chi connectivity index (χ0) is 22.8. The Labute approximate surface area is 183 Å². The summed E-state index contributed by atoms with van der Waals surface area (Å²) in [4.78, 5) is 28.2. The number of nitrogens with zero attached hydrogens (tertiary/aromatic N) is 2. The van der Waals surface area contributed by atoms with Crippen molar-refractivity contribution >= 4 is 27.5 Å². The molecule has 1 saturated heterocycles. The Morgan fingerprint density at radius 2 is 1.90 bits per heavy atom. The molecule has 0 bridgehead atoms. The second-order valence-electron chi connectivity index (χ2n) is 8.16. The first-order valence-electron chi connectivity index (χ1n) is 10.5. The normalized spacial score (nSPS) is 23.1. The molecule has 3 rings (SSSR count). The van der Waals surface area contributed by atoms with Gasteiger partial charge in [0.25, 0.3) is 0 Å². The summed E-state index contributed by atoms with van der Waals surface area (Å²) in [6, 6.07) is 4.99. The smallest absolute Gasteiger partial charge is 0.247 e. The largest absolute Gasteiger partial charge is 0.497 e. The number of benzene rings is 1. The molecule has 1 N–H and O–H groups in total. The molecule has 2 fully saturated rings. The maximum atomic E-state index is 13.5. The zero-order valence-corrected chi connectivity index (χ0v) is 19.3. The zero-order valence-electron chi connectivity index (χ0n) is 18.5. The number of carbonyl (C=O) groups is 2. The maximum absolute atomic E-state index is 13.5. The maximum Gasteiger partial charge on any atom is 0.247 e. The van der Waals surface area contributed by atoms with E-state index in [4.69, 9.17) is 9.47 Å². The van der Waals surface area contributed by atoms with Crippen LogP contribution in [0, 0.1) is 0 Å². The number of piperazine rings is 1. The highest BCUT2D eigenvalue weighted by Crippen LogP contribution is 2.39. The van der Waals surface area contributed by atoms with E-state index < -0.39 is 21.5 Å². The van der Waals surface area contributed by atoms with Crippen LogP contribution in [0.2, 0.25) is 0 Å². The number of hydrogen-bond donors (Lipinski definition) is 1. The molecule has 2 aliphatic rings. The number of anilines is 1. The Hall–Kier alpha value is -2.33. The van der Waals surface area contributed by atoms with Crippen LogP contribution in [-0.4, -0.2) is 69.2 Å². The summed E-state index contributed by atoms with van der Waals surface area (Å²) in [6.07, 6.45) is 3.82. The van der Waals surface area contributed by atoms with Gasteiger partial charge in [0.1, 0.15) is 17.0 Å². The van der Waals surface area contributed by atoms with Gasteiger partial charge in [-0.3, -0.25) is 14.5 Å². The highest BCUT2D eigenvalue weighted by molar-refractivity contribution is 7.89. The molecule has 2 amide bonds. The van der Waals surface area contributed by atoms with Gasteiger partial charge in [0.05, 0.1) is 32.2 Å². The summed E-state index contributed by atoms with van der Waals surface area (Å²) < 4.78 is 37.0. The van der Waals surface area contributed by atoms with Crippen LogP contribution >= 0.6 is 0 Å². The van der Waals surface area contributed by atoms with Gasteiger partial charge in [-0.25, -0.2) is 8.42 Å². The highest BCUT2D eigenvalue weighted by Gasteiger charge is 2.51. The van der Waals surface area contributed by atoms with Crippen LogP contribution in [0.5, 0.6) is 11.5 Å². The molecule has 1 aliphatic carbocycles. The number of nitrogens with one attached hydrogen (secondary N) is 1. The predicted molar refractivity (Wildman–Crippen MR) is 117 cm³/mol. The first kappa shape index (κ1) is 23.3. The lowest BCUT2D eigenvalue weighted by molar-refractivity contribution is -0.133. The summed E-state index contributed by atoms with van der Waals surface area (Å²) in [5, 5.41) is 3.04. The van der Waals surface area contributed by atoms with Gasteiger partial charge < -0.3 is 14.8 Å².